The van der Waals surface area contributed by atoms with Crippen LogP contribution in [0.2, 0.25) is 0 Å². The van der Waals surface area contributed by atoms with E-state index >= 15 is 0 Å². The zero-order valence-corrected chi connectivity index (χ0v) is 16.2. The van der Waals surface area contributed by atoms with Gasteiger partial charge >= 0.3 is 0 Å². The molecular weight excluding hydrogens is 336 g/mol. The fraction of sp³-hybridized carbons (Fsp3) is 0.261. The van der Waals surface area contributed by atoms with E-state index in [-0.39, 0.29) is 5.91 Å². The van der Waals surface area contributed by atoms with Crippen molar-refractivity contribution in [2.75, 3.05) is 32.1 Å². The van der Waals surface area contributed by atoms with Crippen LogP contribution in [-0.4, -0.2) is 38.1 Å². The van der Waals surface area contributed by atoms with E-state index in [1.165, 1.54) is 10.8 Å². The second kappa shape index (κ2) is 8.58. The summed E-state index contributed by atoms with van der Waals surface area (Å²) in [7, 11) is 3.79. The average Bonchev–Trinajstić information content (AvgIpc) is 2.69. The van der Waals surface area contributed by atoms with E-state index in [1.807, 2.05) is 62.3 Å². The van der Waals surface area contributed by atoms with Crippen LogP contribution in [0.1, 0.15) is 12.5 Å². The summed E-state index contributed by atoms with van der Waals surface area (Å²) in [6, 6.07) is 22.4. The number of nitrogens with zero attached hydrogens (tertiary/aromatic N) is 2. The van der Waals surface area contributed by atoms with Gasteiger partial charge in [0, 0.05) is 26.3 Å². The Morgan fingerprint density at radius 1 is 0.926 bits per heavy atom. The predicted octanol–water partition coefficient (Wildman–Crippen LogP) is 4.33. The van der Waals surface area contributed by atoms with Gasteiger partial charge < -0.3 is 14.5 Å². The van der Waals surface area contributed by atoms with Gasteiger partial charge in [-0.3, -0.25) is 4.79 Å². The number of likely N-dealkylation sites (N-methyl/N-ethyl adjacent to an activating group) is 2. The standard InChI is InChI=1S/C23H26N2O2/c1-4-27-22-13-9-18(10-14-22)16-25(3)23(26)17-24(2)21-12-11-19-7-5-6-8-20(19)15-21/h5-15H,4,16-17H2,1-3H3. The zero-order chi connectivity index (χ0) is 19.2. The van der Waals surface area contributed by atoms with Crippen molar-refractivity contribution in [2.45, 2.75) is 13.5 Å². The van der Waals surface area contributed by atoms with E-state index in [9.17, 15) is 4.79 Å². The van der Waals surface area contributed by atoms with Crippen molar-refractivity contribution in [1.29, 1.82) is 0 Å². The van der Waals surface area contributed by atoms with Gasteiger partial charge in [0.1, 0.15) is 5.75 Å². The molecule has 0 aliphatic heterocycles. The molecule has 0 bridgehead atoms. The molecule has 3 aromatic carbocycles. The van der Waals surface area contributed by atoms with E-state index in [0.717, 1.165) is 17.0 Å². The average molecular weight is 362 g/mol. The van der Waals surface area contributed by atoms with Gasteiger partial charge in [-0.2, -0.15) is 0 Å². The number of rotatable bonds is 7. The lowest BCUT2D eigenvalue weighted by Gasteiger charge is -2.24. The van der Waals surface area contributed by atoms with Crippen molar-refractivity contribution >= 4 is 22.4 Å². The van der Waals surface area contributed by atoms with Gasteiger partial charge in [-0.15, -0.1) is 0 Å². The van der Waals surface area contributed by atoms with E-state index in [0.29, 0.717) is 19.7 Å². The highest BCUT2D eigenvalue weighted by Crippen LogP contribution is 2.21. The predicted molar refractivity (Wildman–Crippen MR) is 111 cm³/mol. The Bertz CT molecular complexity index is 906. The van der Waals surface area contributed by atoms with E-state index in [4.69, 9.17) is 4.74 Å². The van der Waals surface area contributed by atoms with Crippen molar-refractivity contribution in [3.63, 3.8) is 0 Å². The number of benzene rings is 3. The minimum Gasteiger partial charge on any atom is -0.494 e. The molecule has 0 radical (unpaired) electrons. The summed E-state index contributed by atoms with van der Waals surface area (Å²) in [5.74, 6) is 0.936. The summed E-state index contributed by atoms with van der Waals surface area (Å²) in [6.45, 7) is 3.54. The van der Waals surface area contributed by atoms with Crippen LogP contribution >= 0.6 is 0 Å². The van der Waals surface area contributed by atoms with Crippen LogP contribution in [0.3, 0.4) is 0 Å². The molecule has 0 aliphatic carbocycles. The second-order valence-corrected chi connectivity index (χ2v) is 6.71. The molecule has 1 amide bonds. The molecule has 3 rings (SSSR count). The molecule has 0 aromatic heterocycles. The first-order valence-corrected chi connectivity index (χ1v) is 9.22. The zero-order valence-electron chi connectivity index (χ0n) is 16.2. The van der Waals surface area contributed by atoms with Crippen LogP contribution in [0.4, 0.5) is 5.69 Å². The van der Waals surface area contributed by atoms with Crippen molar-refractivity contribution in [3.8, 4) is 5.75 Å². The van der Waals surface area contributed by atoms with Gasteiger partial charge in [-0.25, -0.2) is 0 Å². The summed E-state index contributed by atoms with van der Waals surface area (Å²) < 4.78 is 5.46. The van der Waals surface area contributed by atoms with E-state index in [1.54, 1.807) is 4.90 Å². The first kappa shape index (κ1) is 18.8. The summed E-state index contributed by atoms with van der Waals surface area (Å²) in [4.78, 5) is 16.4. The molecule has 0 spiro atoms. The third-order valence-electron chi connectivity index (χ3n) is 4.63. The number of carbonyl (C=O) groups excluding carboxylic acids is 1. The number of carbonyl (C=O) groups is 1. The van der Waals surface area contributed by atoms with Gasteiger partial charge in [0.25, 0.3) is 0 Å². The smallest absolute Gasteiger partial charge is 0.242 e. The molecule has 0 fully saturated rings. The summed E-state index contributed by atoms with van der Waals surface area (Å²) >= 11 is 0. The van der Waals surface area contributed by atoms with Crippen molar-refractivity contribution < 1.29 is 9.53 Å². The lowest BCUT2D eigenvalue weighted by atomic mass is 10.1. The molecule has 0 heterocycles. The molecular formula is C23H26N2O2. The molecule has 0 N–H and O–H groups in total. The first-order valence-electron chi connectivity index (χ1n) is 9.22. The summed E-state index contributed by atoms with van der Waals surface area (Å²) in [5.41, 5.74) is 2.12. The fourth-order valence-corrected chi connectivity index (χ4v) is 3.05. The molecule has 0 saturated heterocycles. The lowest BCUT2D eigenvalue weighted by molar-refractivity contribution is -0.128. The molecule has 27 heavy (non-hydrogen) atoms. The SMILES string of the molecule is CCOc1ccc(CN(C)C(=O)CN(C)c2ccc3ccccc3c2)cc1. The van der Waals surface area contributed by atoms with Crippen LogP contribution in [0.5, 0.6) is 5.75 Å². The minimum atomic E-state index is 0.0829. The molecule has 0 saturated carbocycles. The van der Waals surface area contributed by atoms with Gasteiger partial charge in [0.2, 0.25) is 5.91 Å². The lowest BCUT2D eigenvalue weighted by Crippen LogP contribution is -2.36. The number of amides is 1. The van der Waals surface area contributed by atoms with E-state index < -0.39 is 0 Å². The highest BCUT2D eigenvalue weighted by molar-refractivity contribution is 5.87. The Balaban J connectivity index is 1.60. The number of hydrogen-bond acceptors (Lipinski definition) is 3. The third-order valence-corrected chi connectivity index (χ3v) is 4.63. The van der Waals surface area contributed by atoms with Crippen molar-refractivity contribution in [3.05, 3.63) is 72.3 Å². The number of ether oxygens (including phenoxy) is 1. The third kappa shape index (κ3) is 4.79. The number of anilines is 1. The molecule has 4 nitrogen and oxygen atoms in total. The number of fused-ring (bicyclic) bond motifs is 1. The second-order valence-electron chi connectivity index (χ2n) is 6.71. The molecule has 4 heteroatoms. The number of hydrogen-bond donors (Lipinski definition) is 0. The van der Waals surface area contributed by atoms with Crippen LogP contribution in [0.15, 0.2) is 66.7 Å². The Morgan fingerprint density at radius 3 is 2.33 bits per heavy atom. The molecule has 140 valence electrons. The molecule has 0 atom stereocenters. The topological polar surface area (TPSA) is 32.8 Å². The fourth-order valence-electron chi connectivity index (χ4n) is 3.05. The van der Waals surface area contributed by atoms with Crippen LogP contribution in [0, 0.1) is 0 Å². The van der Waals surface area contributed by atoms with Crippen molar-refractivity contribution in [2.24, 2.45) is 0 Å². The van der Waals surface area contributed by atoms with Crippen molar-refractivity contribution in [1.82, 2.24) is 4.90 Å². The maximum atomic E-state index is 12.6. The maximum absolute atomic E-state index is 12.6. The van der Waals surface area contributed by atoms with Gasteiger partial charge in [0.05, 0.1) is 13.2 Å². The van der Waals surface area contributed by atoms with E-state index in [2.05, 4.69) is 30.3 Å². The molecule has 3 aromatic rings. The highest BCUT2D eigenvalue weighted by Gasteiger charge is 2.13. The first-order chi connectivity index (χ1) is 13.1. The molecule has 0 unspecified atom stereocenters. The maximum Gasteiger partial charge on any atom is 0.242 e. The molecule has 0 aliphatic rings. The van der Waals surface area contributed by atoms with Crippen LogP contribution in [-0.2, 0) is 11.3 Å². The minimum absolute atomic E-state index is 0.0829. The van der Waals surface area contributed by atoms with Crippen LogP contribution < -0.4 is 9.64 Å². The van der Waals surface area contributed by atoms with Gasteiger partial charge in [-0.05, 0) is 47.5 Å². The Labute approximate surface area is 161 Å². The Hall–Kier alpha value is -3.01. The largest absolute Gasteiger partial charge is 0.494 e. The normalized spacial score (nSPS) is 10.6. The Morgan fingerprint density at radius 2 is 1.63 bits per heavy atom. The summed E-state index contributed by atoms with van der Waals surface area (Å²) in [6.07, 6.45) is 0. The van der Waals surface area contributed by atoms with Gasteiger partial charge in [0.15, 0.2) is 0 Å². The quantitative estimate of drug-likeness (QED) is 0.627. The van der Waals surface area contributed by atoms with Gasteiger partial charge in [-0.1, -0.05) is 42.5 Å². The highest BCUT2D eigenvalue weighted by atomic mass is 16.5. The monoisotopic (exact) mass is 362 g/mol. The Kier molecular flexibility index (Phi) is 5.97. The van der Waals surface area contributed by atoms with Crippen LogP contribution in [0.25, 0.3) is 10.8 Å². The summed E-state index contributed by atoms with van der Waals surface area (Å²) in [5, 5.41) is 2.38.